The van der Waals surface area contributed by atoms with Crippen LogP contribution in [0.4, 0.5) is 5.69 Å². The first-order valence-corrected chi connectivity index (χ1v) is 6.39. The largest absolute Gasteiger partial charge is 0.376 e. The van der Waals surface area contributed by atoms with Gasteiger partial charge in [-0.1, -0.05) is 35.4 Å². The minimum absolute atomic E-state index is 0.201. The van der Waals surface area contributed by atoms with Gasteiger partial charge in [0.25, 0.3) is 0 Å². The Balaban J connectivity index is 2.25. The van der Waals surface area contributed by atoms with Crippen LogP contribution in [0.1, 0.15) is 29.7 Å². The third-order valence-corrected chi connectivity index (χ3v) is 3.37. The number of hydrogen-bond donors (Lipinski definition) is 1. The molecule has 0 saturated carbocycles. The minimum atomic E-state index is 0.201. The number of anilines is 1. The van der Waals surface area contributed by atoms with E-state index >= 15 is 0 Å². The number of benzene rings is 1. The lowest BCUT2D eigenvalue weighted by Crippen LogP contribution is -2.09. The van der Waals surface area contributed by atoms with E-state index in [-0.39, 0.29) is 6.04 Å². The van der Waals surface area contributed by atoms with Gasteiger partial charge in [-0.25, -0.2) is 0 Å². The van der Waals surface area contributed by atoms with Gasteiger partial charge < -0.3 is 5.32 Å². The predicted molar refractivity (Wildman–Crippen MR) is 77.2 cm³/mol. The molecule has 1 N–H and O–H groups in total. The lowest BCUT2D eigenvalue weighted by atomic mass is 10.00. The van der Waals surface area contributed by atoms with E-state index < -0.39 is 0 Å². The van der Waals surface area contributed by atoms with E-state index in [1.54, 1.807) is 18.5 Å². The molecule has 3 heteroatoms. The molecule has 0 amide bonds. The van der Waals surface area contributed by atoms with Crippen molar-refractivity contribution in [1.82, 2.24) is 4.98 Å². The van der Waals surface area contributed by atoms with E-state index in [1.807, 2.05) is 0 Å². The Morgan fingerprint density at radius 1 is 1.22 bits per heavy atom. The Labute approximate surface area is 113 Å². The second-order valence-corrected chi connectivity index (χ2v) is 4.99. The summed E-state index contributed by atoms with van der Waals surface area (Å²) in [6, 6.07) is 8.47. The first kappa shape index (κ1) is 12.9. The van der Waals surface area contributed by atoms with Gasteiger partial charge in [-0.15, -0.1) is 0 Å². The van der Waals surface area contributed by atoms with Crippen LogP contribution in [0.2, 0.25) is 5.02 Å². The highest BCUT2D eigenvalue weighted by atomic mass is 35.5. The van der Waals surface area contributed by atoms with Crippen LogP contribution in [-0.4, -0.2) is 4.98 Å². The Morgan fingerprint density at radius 3 is 2.72 bits per heavy atom. The molecule has 1 atom stereocenters. The monoisotopic (exact) mass is 260 g/mol. The van der Waals surface area contributed by atoms with Crippen molar-refractivity contribution in [2.75, 3.05) is 5.32 Å². The van der Waals surface area contributed by atoms with E-state index in [0.717, 1.165) is 5.69 Å². The van der Waals surface area contributed by atoms with Gasteiger partial charge >= 0.3 is 0 Å². The molecule has 2 aromatic rings. The molecule has 0 radical (unpaired) electrons. The quantitative estimate of drug-likeness (QED) is 0.877. The highest BCUT2D eigenvalue weighted by molar-refractivity contribution is 6.33. The molecule has 0 aliphatic rings. The van der Waals surface area contributed by atoms with Gasteiger partial charge in [0, 0.05) is 12.2 Å². The number of aryl methyl sites for hydroxylation is 2. The van der Waals surface area contributed by atoms with Crippen LogP contribution in [0.25, 0.3) is 0 Å². The zero-order valence-electron chi connectivity index (χ0n) is 10.9. The lowest BCUT2D eigenvalue weighted by Gasteiger charge is -2.19. The zero-order valence-corrected chi connectivity index (χ0v) is 11.6. The standard InChI is InChI=1S/C15H17ClN2/c1-10-4-5-11(2)13(8-10)12(3)18-15-9-17-7-6-14(15)16/h4-9,12,18H,1-3H3. The second kappa shape index (κ2) is 5.40. The van der Waals surface area contributed by atoms with Gasteiger partial charge in [0.1, 0.15) is 0 Å². The third kappa shape index (κ3) is 2.82. The van der Waals surface area contributed by atoms with Crippen LogP contribution in [0.3, 0.4) is 0 Å². The molecule has 0 aliphatic carbocycles. The maximum atomic E-state index is 6.12. The predicted octanol–water partition coefficient (Wildman–Crippen LogP) is 4.52. The fourth-order valence-electron chi connectivity index (χ4n) is 2.02. The molecular formula is C15H17ClN2. The molecule has 94 valence electrons. The molecule has 0 aliphatic heterocycles. The maximum absolute atomic E-state index is 6.12. The minimum Gasteiger partial charge on any atom is -0.376 e. The van der Waals surface area contributed by atoms with Crippen molar-refractivity contribution < 1.29 is 0 Å². The highest BCUT2D eigenvalue weighted by Gasteiger charge is 2.10. The van der Waals surface area contributed by atoms with Crippen molar-refractivity contribution in [2.45, 2.75) is 26.8 Å². The van der Waals surface area contributed by atoms with Crippen LogP contribution in [0.5, 0.6) is 0 Å². The summed E-state index contributed by atoms with van der Waals surface area (Å²) >= 11 is 6.12. The topological polar surface area (TPSA) is 24.9 Å². The first-order valence-electron chi connectivity index (χ1n) is 6.01. The SMILES string of the molecule is Cc1ccc(C)c(C(C)Nc2cnccc2Cl)c1. The molecule has 0 fully saturated rings. The van der Waals surface area contributed by atoms with Crippen molar-refractivity contribution in [1.29, 1.82) is 0 Å². The molecule has 0 saturated heterocycles. The zero-order chi connectivity index (χ0) is 13.1. The van der Waals surface area contributed by atoms with E-state index in [1.165, 1.54) is 16.7 Å². The van der Waals surface area contributed by atoms with Crippen molar-refractivity contribution in [3.05, 3.63) is 58.4 Å². The van der Waals surface area contributed by atoms with E-state index in [9.17, 15) is 0 Å². The van der Waals surface area contributed by atoms with Crippen molar-refractivity contribution in [3.63, 3.8) is 0 Å². The smallest absolute Gasteiger partial charge is 0.0720 e. The molecule has 0 bridgehead atoms. The number of nitrogens with zero attached hydrogens (tertiary/aromatic N) is 1. The van der Waals surface area contributed by atoms with Crippen LogP contribution in [-0.2, 0) is 0 Å². The normalized spacial score (nSPS) is 12.2. The summed E-state index contributed by atoms with van der Waals surface area (Å²) in [6.07, 6.45) is 3.44. The van der Waals surface area contributed by atoms with Crippen molar-refractivity contribution in [3.8, 4) is 0 Å². The molecule has 1 aromatic carbocycles. The molecule has 2 rings (SSSR count). The highest BCUT2D eigenvalue weighted by Crippen LogP contribution is 2.26. The van der Waals surface area contributed by atoms with Crippen LogP contribution in [0, 0.1) is 13.8 Å². The fourth-order valence-corrected chi connectivity index (χ4v) is 2.18. The number of halogens is 1. The fraction of sp³-hybridized carbons (Fsp3) is 0.267. The first-order chi connectivity index (χ1) is 8.58. The Hall–Kier alpha value is -1.54. The summed E-state index contributed by atoms with van der Waals surface area (Å²) < 4.78 is 0. The van der Waals surface area contributed by atoms with Crippen molar-refractivity contribution in [2.24, 2.45) is 0 Å². The summed E-state index contributed by atoms with van der Waals surface area (Å²) in [5.41, 5.74) is 4.70. The molecule has 0 spiro atoms. The summed E-state index contributed by atoms with van der Waals surface area (Å²) in [5, 5.41) is 4.10. The van der Waals surface area contributed by atoms with E-state index in [2.05, 4.69) is 49.3 Å². The molecule has 18 heavy (non-hydrogen) atoms. The maximum Gasteiger partial charge on any atom is 0.0720 e. The lowest BCUT2D eigenvalue weighted by molar-refractivity contribution is 0.870. The number of pyridine rings is 1. The van der Waals surface area contributed by atoms with Crippen molar-refractivity contribution >= 4 is 17.3 Å². The Kier molecular flexibility index (Phi) is 3.87. The van der Waals surface area contributed by atoms with Gasteiger partial charge in [0.05, 0.1) is 16.9 Å². The number of nitrogens with one attached hydrogen (secondary N) is 1. The molecule has 1 heterocycles. The Bertz CT molecular complexity index is 552. The summed E-state index contributed by atoms with van der Waals surface area (Å²) in [6.45, 7) is 6.36. The van der Waals surface area contributed by atoms with Crippen LogP contribution in [0.15, 0.2) is 36.7 Å². The molecule has 1 aromatic heterocycles. The second-order valence-electron chi connectivity index (χ2n) is 4.58. The summed E-state index contributed by atoms with van der Waals surface area (Å²) in [7, 11) is 0. The van der Waals surface area contributed by atoms with Gasteiger partial charge in [-0.2, -0.15) is 0 Å². The number of hydrogen-bond acceptors (Lipinski definition) is 2. The number of rotatable bonds is 3. The van der Waals surface area contributed by atoms with Gasteiger partial charge in [-0.3, -0.25) is 4.98 Å². The van der Waals surface area contributed by atoms with Gasteiger partial charge in [-0.05, 0) is 38.0 Å². The van der Waals surface area contributed by atoms with E-state index in [4.69, 9.17) is 11.6 Å². The Morgan fingerprint density at radius 2 is 2.00 bits per heavy atom. The van der Waals surface area contributed by atoms with Crippen LogP contribution >= 0.6 is 11.6 Å². The third-order valence-electron chi connectivity index (χ3n) is 3.04. The summed E-state index contributed by atoms with van der Waals surface area (Å²) in [4.78, 5) is 4.09. The van der Waals surface area contributed by atoms with E-state index in [0.29, 0.717) is 5.02 Å². The molecule has 1 unspecified atom stereocenters. The molecule has 2 nitrogen and oxygen atoms in total. The average molecular weight is 261 g/mol. The summed E-state index contributed by atoms with van der Waals surface area (Å²) in [5.74, 6) is 0. The van der Waals surface area contributed by atoms with Gasteiger partial charge in [0.2, 0.25) is 0 Å². The molecular weight excluding hydrogens is 244 g/mol. The van der Waals surface area contributed by atoms with Crippen LogP contribution < -0.4 is 5.32 Å². The number of aromatic nitrogens is 1. The van der Waals surface area contributed by atoms with Gasteiger partial charge in [0.15, 0.2) is 0 Å². The average Bonchev–Trinajstić information content (AvgIpc) is 2.35.